The highest BCUT2D eigenvalue weighted by Crippen LogP contribution is 2.39. The number of halogens is 1. The molecule has 1 aliphatic rings. The van der Waals surface area contributed by atoms with Crippen molar-refractivity contribution >= 4 is 11.6 Å². The molecule has 0 amide bonds. The van der Waals surface area contributed by atoms with Crippen molar-refractivity contribution in [3.63, 3.8) is 0 Å². The Hall–Kier alpha value is -1.35. The molecule has 1 fully saturated rings. The van der Waals surface area contributed by atoms with Crippen LogP contribution in [0.4, 0.5) is 0 Å². The van der Waals surface area contributed by atoms with Crippen LogP contribution in [0.5, 0.6) is 0 Å². The van der Waals surface area contributed by atoms with Gasteiger partial charge in [0.05, 0.1) is 5.02 Å². The second-order valence-electron chi connectivity index (χ2n) is 3.82. The van der Waals surface area contributed by atoms with E-state index in [4.69, 9.17) is 11.6 Å². The number of nitrogens with zero attached hydrogens (tertiary/aromatic N) is 2. The number of hydrogen-bond donors (Lipinski definition) is 1. The first-order chi connectivity index (χ1) is 7.33. The van der Waals surface area contributed by atoms with Gasteiger partial charge in [0.2, 0.25) is 0 Å². The summed E-state index contributed by atoms with van der Waals surface area (Å²) >= 11 is 5.77. The minimum atomic E-state index is 0.646. The average Bonchev–Trinajstić information content (AvgIpc) is 2.99. The number of aromatic amines is 1. The maximum atomic E-state index is 5.77. The molecule has 0 bridgehead atoms. The number of H-pyrrole nitrogens is 1. The van der Waals surface area contributed by atoms with Crippen LogP contribution in [0.25, 0.3) is 11.5 Å². The Morgan fingerprint density at radius 1 is 1.20 bits per heavy atom. The Morgan fingerprint density at radius 3 is 2.73 bits per heavy atom. The van der Waals surface area contributed by atoms with Crippen LogP contribution in [0.1, 0.15) is 24.5 Å². The first-order valence-electron chi connectivity index (χ1n) is 5.00. The van der Waals surface area contributed by atoms with E-state index in [9.17, 15) is 0 Å². The van der Waals surface area contributed by atoms with Crippen LogP contribution >= 0.6 is 11.6 Å². The van der Waals surface area contributed by atoms with Crippen LogP contribution in [0.3, 0.4) is 0 Å². The molecule has 2 aromatic heterocycles. The normalized spacial score (nSPS) is 15.5. The number of pyridine rings is 1. The van der Waals surface area contributed by atoms with Crippen LogP contribution in [-0.2, 0) is 0 Å². The molecule has 2 aromatic rings. The quantitative estimate of drug-likeness (QED) is 0.844. The molecule has 0 spiro atoms. The van der Waals surface area contributed by atoms with Gasteiger partial charge in [-0.2, -0.15) is 0 Å². The van der Waals surface area contributed by atoms with Gasteiger partial charge in [-0.05, 0) is 25.0 Å². The standard InChI is InChI=1S/C11H10ClN3/c12-8-3-4-9(13-5-8)11-14-6-10(15-11)7-1-2-7/h3-7H,1-2H2,(H,14,15). The Morgan fingerprint density at radius 2 is 2.07 bits per heavy atom. The van der Waals surface area contributed by atoms with Crippen LogP contribution in [-0.4, -0.2) is 15.0 Å². The summed E-state index contributed by atoms with van der Waals surface area (Å²) in [5, 5.41) is 0.646. The van der Waals surface area contributed by atoms with E-state index in [1.54, 1.807) is 6.20 Å². The molecule has 3 nitrogen and oxygen atoms in total. The zero-order valence-electron chi connectivity index (χ0n) is 8.07. The molecule has 76 valence electrons. The summed E-state index contributed by atoms with van der Waals surface area (Å²) in [5.41, 5.74) is 2.06. The molecule has 0 atom stereocenters. The minimum Gasteiger partial charge on any atom is -0.340 e. The maximum Gasteiger partial charge on any atom is 0.156 e. The Bertz CT molecular complexity index is 471. The van der Waals surface area contributed by atoms with Gasteiger partial charge >= 0.3 is 0 Å². The summed E-state index contributed by atoms with van der Waals surface area (Å²) in [6.45, 7) is 0. The van der Waals surface area contributed by atoms with Gasteiger partial charge in [0, 0.05) is 24.0 Å². The van der Waals surface area contributed by atoms with E-state index in [1.165, 1.54) is 18.5 Å². The van der Waals surface area contributed by atoms with Gasteiger partial charge in [0.25, 0.3) is 0 Å². The van der Waals surface area contributed by atoms with Crippen molar-refractivity contribution in [3.05, 3.63) is 35.2 Å². The van der Waals surface area contributed by atoms with Gasteiger partial charge in [-0.1, -0.05) is 11.6 Å². The van der Waals surface area contributed by atoms with Crippen molar-refractivity contribution in [2.75, 3.05) is 0 Å². The third-order valence-corrected chi connectivity index (χ3v) is 2.81. The van der Waals surface area contributed by atoms with E-state index in [0.29, 0.717) is 10.9 Å². The highest BCUT2D eigenvalue weighted by Gasteiger charge is 2.25. The predicted octanol–water partition coefficient (Wildman–Crippen LogP) is 3.00. The first kappa shape index (κ1) is 8.92. The molecule has 0 aliphatic heterocycles. The topological polar surface area (TPSA) is 41.6 Å². The van der Waals surface area contributed by atoms with Gasteiger partial charge in [0.1, 0.15) is 5.69 Å². The molecular formula is C11H10ClN3. The molecule has 0 saturated heterocycles. The molecule has 4 heteroatoms. The monoisotopic (exact) mass is 219 g/mol. The highest BCUT2D eigenvalue weighted by molar-refractivity contribution is 6.30. The maximum absolute atomic E-state index is 5.77. The Balaban J connectivity index is 1.93. The summed E-state index contributed by atoms with van der Waals surface area (Å²) in [6.07, 6.45) is 6.09. The molecule has 1 N–H and O–H groups in total. The van der Waals surface area contributed by atoms with Crippen molar-refractivity contribution in [2.24, 2.45) is 0 Å². The summed E-state index contributed by atoms with van der Waals surface area (Å²) in [4.78, 5) is 11.8. The predicted molar refractivity (Wildman–Crippen MR) is 58.8 cm³/mol. The first-order valence-corrected chi connectivity index (χ1v) is 5.37. The van der Waals surface area contributed by atoms with Gasteiger partial charge < -0.3 is 4.98 Å². The van der Waals surface area contributed by atoms with E-state index in [1.807, 2.05) is 18.3 Å². The molecular weight excluding hydrogens is 210 g/mol. The summed E-state index contributed by atoms with van der Waals surface area (Å²) in [7, 11) is 0. The smallest absolute Gasteiger partial charge is 0.156 e. The molecule has 0 radical (unpaired) electrons. The molecule has 0 unspecified atom stereocenters. The van der Waals surface area contributed by atoms with Crippen molar-refractivity contribution in [3.8, 4) is 11.5 Å². The fraction of sp³-hybridized carbons (Fsp3) is 0.273. The molecule has 15 heavy (non-hydrogen) atoms. The third kappa shape index (κ3) is 1.75. The van der Waals surface area contributed by atoms with E-state index in [2.05, 4.69) is 15.0 Å². The van der Waals surface area contributed by atoms with Gasteiger partial charge in [-0.25, -0.2) is 4.98 Å². The van der Waals surface area contributed by atoms with Crippen molar-refractivity contribution in [1.82, 2.24) is 15.0 Å². The second-order valence-corrected chi connectivity index (χ2v) is 4.26. The Labute approximate surface area is 92.5 Å². The highest BCUT2D eigenvalue weighted by atomic mass is 35.5. The SMILES string of the molecule is Clc1ccc(-c2ncc(C3CC3)[nH]2)nc1. The van der Waals surface area contributed by atoms with Crippen molar-refractivity contribution in [2.45, 2.75) is 18.8 Å². The van der Waals surface area contributed by atoms with Gasteiger partial charge in [-0.15, -0.1) is 0 Å². The van der Waals surface area contributed by atoms with E-state index in [-0.39, 0.29) is 0 Å². The zero-order chi connectivity index (χ0) is 10.3. The lowest BCUT2D eigenvalue weighted by Crippen LogP contribution is -1.85. The summed E-state index contributed by atoms with van der Waals surface area (Å²) in [5.74, 6) is 1.52. The molecule has 3 rings (SSSR count). The Kier molecular flexibility index (Phi) is 1.99. The van der Waals surface area contributed by atoms with Gasteiger partial charge in [0.15, 0.2) is 5.82 Å². The number of imidazole rings is 1. The summed E-state index contributed by atoms with van der Waals surface area (Å²) < 4.78 is 0. The van der Waals surface area contributed by atoms with Crippen molar-refractivity contribution < 1.29 is 0 Å². The number of aromatic nitrogens is 3. The fourth-order valence-electron chi connectivity index (χ4n) is 1.58. The lowest BCUT2D eigenvalue weighted by atomic mass is 10.3. The number of rotatable bonds is 2. The summed E-state index contributed by atoms with van der Waals surface area (Å²) in [6, 6.07) is 3.70. The van der Waals surface area contributed by atoms with Crippen LogP contribution < -0.4 is 0 Å². The van der Waals surface area contributed by atoms with Crippen molar-refractivity contribution in [1.29, 1.82) is 0 Å². The average molecular weight is 220 g/mol. The molecule has 2 heterocycles. The number of nitrogens with one attached hydrogen (secondary N) is 1. The van der Waals surface area contributed by atoms with Crippen LogP contribution in [0.2, 0.25) is 5.02 Å². The van der Waals surface area contributed by atoms with Crippen LogP contribution in [0, 0.1) is 0 Å². The minimum absolute atomic E-state index is 0.646. The van der Waals surface area contributed by atoms with E-state index < -0.39 is 0 Å². The van der Waals surface area contributed by atoms with E-state index in [0.717, 1.165) is 11.5 Å². The van der Waals surface area contributed by atoms with Crippen LogP contribution in [0.15, 0.2) is 24.5 Å². The zero-order valence-corrected chi connectivity index (χ0v) is 8.83. The van der Waals surface area contributed by atoms with Gasteiger partial charge in [-0.3, -0.25) is 4.98 Å². The lowest BCUT2D eigenvalue weighted by Gasteiger charge is -1.95. The molecule has 1 aliphatic carbocycles. The third-order valence-electron chi connectivity index (χ3n) is 2.58. The molecule has 1 saturated carbocycles. The fourth-order valence-corrected chi connectivity index (χ4v) is 1.70. The molecule has 0 aromatic carbocycles. The van der Waals surface area contributed by atoms with E-state index >= 15 is 0 Å². The number of hydrogen-bond acceptors (Lipinski definition) is 2. The largest absolute Gasteiger partial charge is 0.340 e. The second kappa shape index (κ2) is 3.35. The lowest BCUT2D eigenvalue weighted by molar-refractivity contribution is 1.05.